The Balaban J connectivity index is 2.12. The molecule has 0 radical (unpaired) electrons. The topological polar surface area (TPSA) is 198 Å². The van der Waals surface area contributed by atoms with Crippen molar-refractivity contribution in [2.45, 2.75) is 56.5 Å². The Labute approximate surface area is 260 Å². The smallest absolute Gasteiger partial charge is 0.453 e. The zero-order chi connectivity index (χ0) is 32.2. The van der Waals surface area contributed by atoms with Crippen molar-refractivity contribution in [3.8, 4) is 0 Å². The second-order valence-corrected chi connectivity index (χ2v) is 14.2. The molecular formula is C27H40BrN4O9PS. The fourth-order valence-corrected chi connectivity index (χ4v) is 6.82. The lowest BCUT2D eigenvalue weighted by Crippen LogP contribution is -2.48. The number of hydrogen-bond donors (Lipinski definition) is 5. The minimum atomic E-state index is -4.88. The van der Waals surface area contributed by atoms with Crippen LogP contribution >= 0.6 is 23.8 Å². The maximum Gasteiger partial charge on any atom is 0.469 e. The Bertz CT molecular complexity index is 1360. The van der Waals surface area contributed by atoms with Crippen molar-refractivity contribution in [1.82, 2.24) is 14.9 Å². The van der Waals surface area contributed by atoms with Gasteiger partial charge < -0.3 is 30.9 Å². The number of halogens is 1. The molecule has 0 saturated heterocycles. The van der Waals surface area contributed by atoms with Crippen molar-refractivity contribution >= 4 is 51.5 Å². The molecule has 2 aromatic carbocycles. The first kappa shape index (κ1) is 36.7. The fourth-order valence-electron chi connectivity index (χ4n) is 4.21. The highest BCUT2D eigenvalue weighted by Crippen LogP contribution is 2.37. The SMILES string of the molecule is COC(=O)NC(Cc1ccccc1Br)C(=O)NCCCCC(COP(=O)(O)O)N(CC(C)C)S(=O)(=O)c1ccc(N)cc1. The Morgan fingerprint density at radius 2 is 1.74 bits per heavy atom. The predicted molar refractivity (Wildman–Crippen MR) is 165 cm³/mol. The number of carbonyl (C=O) groups excluding carboxylic acids is 2. The Kier molecular flexibility index (Phi) is 14.6. The number of unbranched alkanes of at least 4 members (excludes halogenated alkanes) is 1. The van der Waals surface area contributed by atoms with E-state index in [0.717, 1.165) is 10.0 Å². The molecule has 0 spiro atoms. The second-order valence-electron chi connectivity index (χ2n) is 10.2. The van der Waals surface area contributed by atoms with Crippen molar-refractivity contribution in [3.05, 3.63) is 58.6 Å². The molecule has 0 heterocycles. The van der Waals surface area contributed by atoms with Crippen LogP contribution in [0, 0.1) is 5.92 Å². The summed E-state index contributed by atoms with van der Waals surface area (Å²) in [4.78, 5) is 43.5. The molecular weight excluding hydrogens is 667 g/mol. The van der Waals surface area contributed by atoms with Gasteiger partial charge in [-0.05, 0) is 54.7 Å². The molecule has 2 unspecified atom stereocenters. The van der Waals surface area contributed by atoms with Gasteiger partial charge in [-0.1, -0.05) is 54.4 Å². The Hall–Kier alpha value is -2.52. The molecule has 16 heteroatoms. The zero-order valence-corrected chi connectivity index (χ0v) is 27.6. The summed E-state index contributed by atoms with van der Waals surface area (Å²) in [6, 6.07) is 11.2. The first-order chi connectivity index (χ1) is 20.1. The van der Waals surface area contributed by atoms with Gasteiger partial charge in [-0.25, -0.2) is 17.8 Å². The van der Waals surface area contributed by atoms with Crippen LogP contribution in [0.3, 0.4) is 0 Å². The monoisotopic (exact) mass is 706 g/mol. The lowest BCUT2D eigenvalue weighted by Gasteiger charge is -2.32. The molecule has 2 amide bonds. The van der Waals surface area contributed by atoms with Crippen LogP contribution in [-0.4, -0.2) is 73.4 Å². The zero-order valence-electron chi connectivity index (χ0n) is 24.3. The molecule has 2 rings (SSSR count). The van der Waals surface area contributed by atoms with Gasteiger partial charge in [-0.15, -0.1) is 0 Å². The fraction of sp³-hybridized carbons (Fsp3) is 0.481. The summed E-state index contributed by atoms with van der Waals surface area (Å²) in [6.07, 6.45) is 0.443. The highest BCUT2D eigenvalue weighted by molar-refractivity contribution is 9.10. The number of anilines is 1. The van der Waals surface area contributed by atoms with Gasteiger partial charge in [0.15, 0.2) is 0 Å². The average Bonchev–Trinajstić information content (AvgIpc) is 2.93. The number of rotatable bonds is 17. The van der Waals surface area contributed by atoms with Crippen LogP contribution in [0.25, 0.3) is 0 Å². The first-order valence-corrected chi connectivity index (χ1v) is 17.3. The molecule has 43 heavy (non-hydrogen) atoms. The van der Waals surface area contributed by atoms with E-state index in [9.17, 15) is 32.4 Å². The summed E-state index contributed by atoms with van der Waals surface area (Å²) in [6.45, 7) is 3.40. The van der Waals surface area contributed by atoms with Gasteiger partial charge in [0.2, 0.25) is 15.9 Å². The van der Waals surface area contributed by atoms with Gasteiger partial charge in [0.05, 0.1) is 18.6 Å². The Morgan fingerprint density at radius 1 is 1.09 bits per heavy atom. The van der Waals surface area contributed by atoms with Crippen LogP contribution < -0.4 is 16.4 Å². The maximum absolute atomic E-state index is 13.6. The maximum atomic E-state index is 13.6. The van der Waals surface area contributed by atoms with Crippen molar-refractivity contribution in [3.63, 3.8) is 0 Å². The number of methoxy groups -OCH3 is 1. The quantitative estimate of drug-likeness (QED) is 0.0923. The number of benzene rings is 2. The van der Waals surface area contributed by atoms with E-state index >= 15 is 0 Å². The minimum Gasteiger partial charge on any atom is -0.453 e. The largest absolute Gasteiger partial charge is 0.469 e. The lowest BCUT2D eigenvalue weighted by atomic mass is 10.1. The highest BCUT2D eigenvalue weighted by atomic mass is 79.9. The third-order valence-electron chi connectivity index (χ3n) is 6.31. The number of nitrogen functional groups attached to an aromatic ring is 1. The summed E-state index contributed by atoms with van der Waals surface area (Å²) in [5.41, 5.74) is 6.91. The molecule has 0 fully saturated rings. The van der Waals surface area contributed by atoms with Crippen LogP contribution in [0.2, 0.25) is 0 Å². The van der Waals surface area contributed by atoms with Crippen molar-refractivity contribution in [1.29, 1.82) is 0 Å². The van der Waals surface area contributed by atoms with E-state index in [4.69, 9.17) is 10.3 Å². The Morgan fingerprint density at radius 3 is 2.33 bits per heavy atom. The predicted octanol–water partition coefficient (Wildman–Crippen LogP) is 3.41. The molecule has 240 valence electrons. The van der Waals surface area contributed by atoms with Gasteiger partial charge in [0, 0.05) is 35.7 Å². The van der Waals surface area contributed by atoms with Crippen LogP contribution in [0.5, 0.6) is 0 Å². The molecule has 0 saturated carbocycles. The van der Waals surface area contributed by atoms with Crippen LogP contribution in [0.15, 0.2) is 57.9 Å². The van der Waals surface area contributed by atoms with Crippen molar-refractivity contribution in [2.24, 2.45) is 5.92 Å². The van der Waals surface area contributed by atoms with E-state index < -0.39 is 48.5 Å². The molecule has 0 aromatic heterocycles. The van der Waals surface area contributed by atoms with Gasteiger partial charge in [0.1, 0.15) is 6.04 Å². The number of phosphoric ester groups is 1. The third kappa shape index (κ3) is 12.5. The molecule has 13 nitrogen and oxygen atoms in total. The molecule has 2 aromatic rings. The molecule has 0 aliphatic carbocycles. The number of ether oxygens (including phenoxy) is 1. The average molecular weight is 708 g/mol. The summed E-state index contributed by atoms with van der Waals surface area (Å²) in [5, 5.41) is 5.32. The highest BCUT2D eigenvalue weighted by Gasteiger charge is 2.33. The van der Waals surface area contributed by atoms with E-state index in [1.165, 1.54) is 35.7 Å². The van der Waals surface area contributed by atoms with Crippen LogP contribution in [-0.2, 0) is 35.1 Å². The van der Waals surface area contributed by atoms with Gasteiger partial charge in [0.25, 0.3) is 0 Å². The number of nitrogens with zero attached hydrogens (tertiary/aromatic N) is 1. The second kappa shape index (κ2) is 17.1. The van der Waals surface area contributed by atoms with Gasteiger partial charge >= 0.3 is 13.9 Å². The third-order valence-corrected chi connectivity index (χ3v) is 9.50. The van der Waals surface area contributed by atoms with Crippen molar-refractivity contribution in [2.75, 3.05) is 32.5 Å². The van der Waals surface area contributed by atoms with E-state index in [-0.39, 0.29) is 36.7 Å². The summed E-state index contributed by atoms with van der Waals surface area (Å²) in [5.74, 6) is -0.542. The molecule has 6 N–H and O–H groups in total. The summed E-state index contributed by atoms with van der Waals surface area (Å²) >= 11 is 3.44. The molecule has 0 aliphatic rings. The first-order valence-electron chi connectivity index (χ1n) is 13.6. The van der Waals surface area contributed by atoms with Crippen LogP contribution in [0.1, 0.15) is 38.7 Å². The van der Waals surface area contributed by atoms with E-state index in [1.54, 1.807) is 0 Å². The van der Waals surface area contributed by atoms with Gasteiger partial charge in [-0.2, -0.15) is 4.31 Å². The summed E-state index contributed by atoms with van der Waals surface area (Å²) < 4.78 is 50.1. The molecule has 2 atom stereocenters. The minimum absolute atomic E-state index is 0.00927. The molecule has 0 bridgehead atoms. The standard InChI is InChI=1S/C27H40BrN4O9PS/c1-19(2)17-32(43(38,39)23-13-11-21(29)12-14-23)22(18-41-42(35,36)37)9-6-7-15-30-26(33)25(31-27(34)40-3)16-20-8-4-5-10-24(20)28/h4-5,8,10-14,19,22,25H,6-7,9,15-18,29H2,1-3H3,(H,30,33)(H,31,34)(H2,35,36,37). The van der Waals surface area contributed by atoms with E-state index in [1.807, 2.05) is 38.1 Å². The van der Waals surface area contributed by atoms with E-state index in [2.05, 4.69) is 31.3 Å². The lowest BCUT2D eigenvalue weighted by molar-refractivity contribution is -0.123. The number of nitrogens with one attached hydrogen (secondary N) is 2. The normalized spacial score (nSPS) is 13.5. The number of amides is 2. The number of sulfonamides is 1. The number of carbonyl (C=O) groups is 2. The number of nitrogens with two attached hydrogens (primary N) is 1. The van der Waals surface area contributed by atoms with Crippen molar-refractivity contribution < 1.29 is 41.6 Å². The number of alkyl carbamates (subject to hydrolysis) is 1. The number of phosphoric acid groups is 1. The van der Waals surface area contributed by atoms with Crippen LogP contribution in [0.4, 0.5) is 10.5 Å². The number of hydrogen-bond acceptors (Lipinski definition) is 8. The van der Waals surface area contributed by atoms with E-state index in [0.29, 0.717) is 18.5 Å². The molecule has 0 aliphatic heterocycles. The van der Waals surface area contributed by atoms with Gasteiger partial charge in [-0.3, -0.25) is 9.32 Å². The summed E-state index contributed by atoms with van der Waals surface area (Å²) in [7, 11) is -7.76.